The molecule has 1 aromatic heterocycles. The summed E-state index contributed by atoms with van der Waals surface area (Å²) in [5, 5.41) is 10.5. The van der Waals surface area contributed by atoms with Gasteiger partial charge in [0.25, 0.3) is 0 Å². The van der Waals surface area contributed by atoms with E-state index in [0.717, 1.165) is 49.7 Å². The van der Waals surface area contributed by atoms with Crippen LogP contribution in [0.1, 0.15) is 67.9 Å². The lowest BCUT2D eigenvalue weighted by molar-refractivity contribution is 0.175. The Kier molecular flexibility index (Phi) is 4.69. The van der Waals surface area contributed by atoms with Crippen molar-refractivity contribution in [3.8, 4) is 0 Å². The zero-order valence-electron chi connectivity index (χ0n) is 13.8. The van der Waals surface area contributed by atoms with E-state index >= 15 is 0 Å². The molecule has 0 aromatic carbocycles. The molecule has 1 saturated heterocycles. The van der Waals surface area contributed by atoms with Crippen LogP contribution in [0.5, 0.6) is 0 Å². The Bertz CT molecular complexity index is 501. The highest BCUT2D eigenvalue weighted by Gasteiger charge is 2.30. The number of H-pyrrole nitrogens is 1. The first kappa shape index (κ1) is 15.4. The molecule has 0 spiro atoms. The third-order valence-corrected chi connectivity index (χ3v) is 5.06. The van der Waals surface area contributed by atoms with Gasteiger partial charge in [-0.05, 0) is 39.0 Å². The summed E-state index contributed by atoms with van der Waals surface area (Å²) >= 11 is 0. The highest BCUT2D eigenvalue weighted by atomic mass is 16.2. The molecule has 1 saturated carbocycles. The van der Waals surface area contributed by atoms with Crippen molar-refractivity contribution in [3.05, 3.63) is 17.0 Å². The van der Waals surface area contributed by atoms with Crippen LogP contribution >= 0.6 is 0 Å². The normalized spacial score (nSPS) is 22.5. The van der Waals surface area contributed by atoms with Gasteiger partial charge in [0.15, 0.2) is 0 Å². The fourth-order valence-corrected chi connectivity index (χ4v) is 3.59. The summed E-state index contributed by atoms with van der Waals surface area (Å²) in [5.74, 6) is 0.860. The van der Waals surface area contributed by atoms with Crippen LogP contribution in [0, 0.1) is 19.8 Å². The molecule has 2 aliphatic rings. The summed E-state index contributed by atoms with van der Waals surface area (Å²) in [6, 6.07) is 0.273. The van der Waals surface area contributed by atoms with Crippen LogP contribution in [0.4, 0.5) is 4.79 Å². The van der Waals surface area contributed by atoms with Gasteiger partial charge in [-0.1, -0.05) is 25.7 Å². The lowest BCUT2D eigenvalue weighted by Crippen LogP contribution is -2.42. The smallest absolute Gasteiger partial charge is 0.317 e. The Morgan fingerprint density at radius 3 is 2.77 bits per heavy atom. The van der Waals surface area contributed by atoms with Crippen LogP contribution in [0.15, 0.2) is 0 Å². The van der Waals surface area contributed by atoms with Crippen molar-refractivity contribution < 1.29 is 4.79 Å². The second-order valence-electron chi connectivity index (χ2n) is 6.87. The molecule has 5 nitrogen and oxygen atoms in total. The lowest BCUT2D eigenvalue weighted by Gasteiger charge is -2.30. The number of likely N-dealkylation sites (tertiary alicyclic amines) is 1. The average molecular weight is 304 g/mol. The standard InChI is InChI=1S/C17H28N4O/c1-12-16(13(2)20-19-12)15-6-4-3-5-11-21(15)17(22)18-10-9-14-7-8-14/h14-15H,3-11H2,1-2H3,(H,18,22)(H,19,20)/t15-/m1/s1. The molecule has 0 bridgehead atoms. The summed E-state index contributed by atoms with van der Waals surface area (Å²) in [5.41, 5.74) is 3.35. The molecule has 2 fully saturated rings. The number of aryl methyl sites for hydroxylation is 2. The summed E-state index contributed by atoms with van der Waals surface area (Å²) in [6.45, 7) is 5.76. The van der Waals surface area contributed by atoms with E-state index in [0.29, 0.717) is 0 Å². The Balaban J connectivity index is 1.70. The number of rotatable bonds is 4. The molecule has 122 valence electrons. The third kappa shape index (κ3) is 3.45. The molecule has 2 N–H and O–H groups in total. The minimum atomic E-state index is 0.104. The number of amides is 2. The van der Waals surface area contributed by atoms with Crippen molar-refractivity contribution in [1.29, 1.82) is 0 Å². The third-order valence-electron chi connectivity index (χ3n) is 5.06. The van der Waals surface area contributed by atoms with Crippen LogP contribution < -0.4 is 5.32 Å². The van der Waals surface area contributed by atoms with Gasteiger partial charge < -0.3 is 10.2 Å². The molecule has 3 rings (SSSR count). The summed E-state index contributed by atoms with van der Waals surface area (Å²) in [6.07, 6.45) is 8.35. The van der Waals surface area contributed by atoms with E-state index in [1.807, 2.05) is 11.8 Å². The van der Waals surface area contributed by atoms with Crippen LogP contribution in [-0.4, -0.2) is 34.2 Å². The van der Waals surface area contributed by atoms with E-state index in [-0.39, 0.29) is 12.1 Å². The molecule has 2 amide bonds. The molecule has 5 heteroatoms. The summed E-state index contributed by atoms with van der Waals surface area (Å²) < 4.78 is 0. The van der Waals surface area contributed by atoms with Crippen LogP contribution in [0.25, 0.3) is 0 Å². The first-order valence-electron chi connectivity index (χ1n) is 8.72. The minimum absolute atomic E-state index is 0.104. The van der Waals surface area contributed by atoms with Crippen molar-refractivity contribution >= 4 is 6.03 Å². The van der Waals surface area contributed by atoms with E-state index in [1.165, 1.54) is 31.2 Å². The van der Waals surface area contributed by atoms with Gasteiger partial charge in [-0.15, -0.1) is 0 Å². The van der Waals surface area contributed by atoms with E-state index in [2.05, 4.69) is 22.4 Å². The Morgan fingerprint density at radius 1 is 1.27 bits per heavy atom. The second-order valence-corrected chi connectivity index (χ2v) is 6.87. The second kappa shape index (κ2) is 6.71. The highest BCUT2D eigenvalue weighted by molar-refractivity contribution is 5.75. The van der Waals surface area contributed by atoms with Gasteiger partial charge in [0.2, 0.25) is 0 Å². The predicted octanol–water partition coefficient (Wildman–Crippen LogP) is 3.45. The van der Waals surface area contributed by atoms with Crippen LogP contribution in [0.3, 0.4) is 0 Å². The predicted molar refractivity (Wildman–Crippen MR) is 86.7 cm³/mol. The summed E-state index contributed by atoms with van der Waals surface area (Å²) in [4.78, 5) is 14.7. The molecule has 1 aliphatic heterocycles. The zero-order chi connectivity index (χ0) is 15.5. The number of nitrogens with zero attached hydrogens (tertiary/aromatic N) is 2. The monoisotopic (exact) mass is 304 g/mol. The number of hydrogen-bond donors (Lipinski definition) is 2. The largest absolute Gasteiger partial charge is 0.338 e. The van der Waals surface area contributed by atoms with E-state index in [9.17, 15) is 4.79 Å². The molecule has 0 unspecified atom stereocenters. The van der Waals surface area contributed by atoms with Gasteiger partial charge in [-0.3, -0.25) is 5.10 Å². The van der Waals surface area contributed by atoms with Gasteiger partial charge in [0, 0.05) is 24.3 Å². The quantitative estimate of drug-likeness (QED) is 0.895. The van der Waals surface area contributed by atoms with Crippen LogP contribution in [-0.2, 0) is 0 Å². The lowest BCUT2D eigenvalue weighted by atomic mass is 9.99. The molecule has 1 aliphatic carbocycles. The maximum atomic E-state index is 12.7. The maximum absolute atomic E-state index is 12.7. The number of hydrogen-bond acceptors (Lipinski definition) is 2. The SMILES string of the molecule is Cc1n[nH]c(C)c1[C@H]1CCCCCN1C(=O)NCCC1CC1. The topological polar surface area (TPSA) is 61.0 Å². The highest BCUT2D eigenvalue weighted by Crippen LogP contribution is 2.34. The Labute approximate surface area is 132 Å². The fourth-order valence-electron chi connectivity index (χ4n) is 3.59. The number of aromatic amines is 1. The van der Waals surface area contributed by atoms with Gasteiger partial charge in [0.1, 0.15) is 0 Å². The molecule has 1 aromatic rings. The molecule has 22 heavy (non-hydrogen) atoms. The molecular formula is C17H28N4O. The van der Waals surface area contributed by atoms with Crippen molar-refractivity contribution in [1.82, 2.24) is 20.4 Å². The van der Waals surface area contributed by atoms with Gasteiger partial charge >= 0.3 is 6.03 Å². The average Bonchev–Trinajstić information content (AvgIpc) is 3.28. The van der Waals surface area contributed by atoms with Gasteiger partial charge in [0.05, 0.1) is 11.7 Å². The van der Waals surface area contributed by atoms with E-state index in [4.69, 9.17) is 0 Å². The first-order chi connectivity index (χ1) is 10.7. The number of carbonyl (C=O) groups is 1. The van der Waals surface area contributed by atoms with E-state index < -0.39 is 0 Å². The molecule has 0 radical (unpaired) electrons. The van der Waals surface area contributed by atoms with Gasteiger partial charge in [-0.2, -0.15) is 5.10 Å². The minimum Gasteiger partial charge on any atom is -0.338 e. The molecule has 1 atom stereocenters. The molecule has 2 heterocycles. The number of carbonyl (C=O) groups excluding carboxylic acids is 1. The van der Waals surface area contributed by atoms with E-state index in [1.54, 1.807) is 0 Å². The maximum Gasteiger partial charge on any atom is 0.317 e. The van der Waals surface area contributed by atoms with Gasteiger partial charge in [-0.25, -0.2) is 4.79 Å². The molecular weight excluding hydrogens is 276 g/mol. The Morgan fingerprint density at radius 2 is 2.09 bits per heavy atom. The number of nitrogens with one attached hydrogen (secondary N) is 2. The van der Waals surface area contributed by atoms with Crippen molar-refractivity contribution in [2.45, 2.75) is 64.8 Å². The van der Waals surface area contributed by atoms with Crippen LogP contribution in [0.2, 0.25) is 0 Å². The van der Waals surface area contributed by atoms with Crippen molar-refractivity contribution in [2.75, 3.05) is 13.1 Å². The Hall–Kier alpha value is -1.52. The zero-order valence-corrected chi connectivity index (χ0v) is 13.8. The summed E-state index contributed by atoms with van der Waals surface area (Å²) in [7, 11) is 0. The van der Waals surface area contributed by atoms with Crippen molar-refractivity contribution in [3.63, 3.8) is 0 Å². The number of urea groups is 1. The fraction of sp³-hybridized carbons (Fsp3) is 0.765. The van der Waals surface area contributed by atoms with Crippen molar-refractivity contribution in [2.24, 2.45) is 5.92 Å². The first-order valence-corrected chi connectivity index (χ1v) is 8.72. The number of aromatic nitrogens is 2.